The Bertz CT molecular complexity index is 1200. The molecule has 0 radical (unpaired) electrons. The summed E-state index contributed by atoms with van der Waals surface area (Å²) in [7, 11) is 0. The molecule has 7 heteroatoms. The molecule has 37 heavy (non-hydrogen) atoms. The molecule has 0 aromatic heterocycles. The highest BCUT2D eigenvalue weighted by atomic mass is 19.2. The summed E-state index contributed by atoms with van der Waals surface area (Å²) in [5.41, 5.74) is 2.17. The maximum Gasteiger partial charge on any atom is 0.349 e. The molecule has 3 aromatic rings. The van der Waals surface area contributed by atoms with E-state index in [-0.39, 0.29) is 0 Å². The SMILES string of the molecule is CCCc1ccc(C2CCC(CCc3cc(F)c(C(=O)Oc4cc(F)c(F)c(F)c4)c(F)c3)CC2)cc1. The van der Waals surface area contributed by atoms with E-state index in [9.17, 15) is 26.7 Å². The van der Waals surface area contributed by atoms with Crippen molar-refractivity contribution in [2.75, 3.05) is 0 Å². The Morgan fingerprint density at radius 2 is 1.38 bits per heavy atom. The van der Waals surface area contributed by atoms with Crippen LogP contribution in [0, 0.1) is 35.0 Å². The quantitative estimate of drug-likeness (QED) is 0.130. The van der Waals surface area contributed by atoms with Crippen LogP contribution in [-0.4, -0.2) is 5.97 Å². The zero-order chi connectivity index (χ0) is 26.5. The highest BCUT2D eigenvalue weighted by molar-refractivity contribution is 5.91. The summed E-state index contributed by atoms with van der Waals surface area (Å²) in [6, 6.07) is 11.9. The molecule has 196 valence electrons. The molecular formula is C30H29F5O2. The number of benzene rings is 3. The lowest BCUT2D eigenvalue weighted by atomic mass is 9.77. The lowest BCUT2D eigenvalue weighted by Gasteiger charge is -2.29. The fraction of sp³-hybridized carbons (Fsp3) is 0.367. The number of hydrogen-bond acceptors (Lipinski definition) is 2. The normalized spacial score (nSPS) is 17.6. The van der Waals surface area contributed by atoms with E-state index in [0.29, 0.717) is 36.0 Å². The molecule has 3 aromatic carbocycles. The molecule has 4 rings (SSSR count). The minimum absolute atomic E-state index is 0.416. The topological polar surface area (TPSA) is 26.3 Å². The van der Waals surface area contributed by atoms with Crippen molar-refractivity contribution < 1.29 is 31.5 Å². The lowest BCUT2D eigenvalue weighted by molar-refractivity contribution is 0.0723. The number of hydrogen-bond donors (Lipinski definition) is 0. The zero-order valence-electron chi connectivity index (χ0n) is 20.6. The van der Waals surface area contributed by atoms with Gasteiger partial charge in [0.15, 0.2) is 17.5 Å². The number of aryl methyl sites for hydroxylation is 2. The Kier molecular flexibility index (Phi) is 8.62. The van der Waals surface area contributed by atoms with Crippen molar-refractivity contribution in [2.45, 2.75) is 64.2 Å². The molecule has 0 heterocycles. The molecule has 1 aliphatic rings. The van der Waals surface area contributed by atoms with Gasteiger partial charge in [-0.05, 0) is 85.6 Å². The molecule has 1 saturated carbocycles. The van der Waals surface area contributed by atoms with E-state index >= 15 is 0 Å². The number of esters is 1. The summed E-state index contributed by atoms with van der Waals surface area (Å²) in [5, 5.41) is 0. The van der Waals surface area contributed by atoms with Crippen molar-refractivity contribution in [1.29, 1.82) is 0 Å². The van der Waals surface area contributed by atoms with Gasteiger partial charge in [0.2, 0.25) is 0 Å². The Labute approximate surface area is 213 Å². The van der Waals surface area contributed by atoms with Crippen LogP contribution in [0.1, 0.15) is 78.4 Å². The van der Waals surface area contributed by atoms with Crippen molar-refractivity contribution >= 4 is 5.97 Å². The summed E-state index contributed by atoms with van der Waals surface area (Å²) in [5.74, 6) is -8.33. The Morgan fingerprint density at radius 3 is 1.95 bits per heavy atom. The monoisotopic (exact) mass is 516 g/mol. The highest BCUT2D eigenvalue weighted by Crippen LogP contribution is 2.37. The molecule has 0 spiro atoms. The zero-order valence-corrected chi connectivity index (χ0v) is 20.6. The van der Waals surface area contributed by atoms with Crippen molar-refractivity contribution in [2.24, 2.45) is 5.92 Å². The Balaban J connectivity index is 1.32. The van der Waals surface area contributed by atoms with Gasteiger partial charge in [-0.3, -0.25) is 0 Å². The third kappa shape index (κ3) is 6.56. The molecule has 0 atom stereocenters. The van der Waals surface area contributed by atoms with Crippen molar-refractivity contribution in [3.63, 3.8) is 0 Å². The largest absolute Gasteiger partial charge is 0.423 e. The van der Waals surface area contributed by atoms with E-state index in [2.05, 4.69) is 35.9 Å². The van der Waals surface area contributed by atoms with Crippen LogP contribution < -0.4 is 4.74 Å². The molecule has 0 bridgehead atoms. The highest BCUT2D eigenvalue weighted by Gasteiger charge is 2.25. The Hall–Kier alpha value is -3.22. The van der Waals surface area contributed by atoms with Crippen LogP contribution in [0.15, 0.2) is 48.5 Å². The van der Waals surface area contributed by atoms with Gasteiger partial charge in [0.1, 0.15) is 22.9 Å². The van der Waals surface area contributed by atoms with E-state index in [4.69, 9.17) is 0 Å². The minimum Gasteiger partial charge on any atom is -0.423 e. The number of rotatable bonds is 8. The first-order valence-electron chi connectivity index (χ1n) is 12.7. The number of carbonyl (C=O) groups excluding carboxylic acids is 1. The third-order valence-corrected chi connectivity index (χ3v) is 7.15. The van der Waals surface area contributed by atoms with Gasteiger partial charge in [0.05, 0.1) is 0 Å². The standard InChI is InChI=1S/C30H29F5O2/c1-2-3-18-6-10-21(11-7-18)22-12-8-19(9-13-22)4-5-20-14-24(31)28(25(32)15-20)30(36)37-23-16-26(33)29(35)27(34)17-23/h6-7,10-11,14-17,19,22H,2-5,8-9,12-13H2,1H3. The van der Waals surface area contributed by atoms with Gasteiger partial charge < -0.3 is 4.74 Å². The third-order valence-electron chi connectivity index (χ3n) is 7.15. The fourth-order valence-corrected chi connectivity index (χ4v) is 5.11. The van der Waals surface area contributed by atoms with Crippen LogP contribution in [0.2, 0.25) is 0 Å². The van der Waals surface area contributed by atoms with Gasteiger partial charge in [0.25, 0.3) is 0 Å². The van der Waals surface area contributed by atoms with Crippen LogP contribution in [0.3, 0.4) is 0 Å². The van der Waals surface area contributed by atoms with Gasteiger partial charge in [-0.25, -0.2) is 26.7 Å². The van der Waals surface area contributed by atoms with E-state index in [0.717, 1.165) is 57.1 Å². The second-order valence-electron chi connectivity index (χ2n) is 9.77. The second kappa shape index (κ2) is 11.9. The summed E-state index contributed by atoms with van der Waals surface area (Å²) in [6.45, 7) is 2.17. The molecule has 2 nitrogen and oxygen atoms in total. The average molecular weight is 517 g/mol. The maximum atomic E-state index is 14.6. The predicted octanol–water partition coefficient (Wildman–Crippen LogP) is 8.46. The summed E-state index contributed by atoms with van der Waals surface area (Å²) < 4.78 is 73.7. The van der Waals surface area contributed by atoms with Gasteiger partial charge in [0, 0.05) is 12.1 Å². The molecule has 1 fully saturated rings. The van der Waals surface area contributed by atoms with Gasteiger partial charge in [-0.2, -0.15) is 0 Å². The van der Waals surface area contributed by atoms with Gasteiger partial charge in [-0.15, -0.1) is 0 Å². The summed E-state index contributed by atoms with van der Waals surface area (Å²) in [4.78, 5) is 12.2. The van der Waals surface area contributed by atoms with Crippen molar-refractivity contribution in [3.05, 3.63) is 99.9 Å². The van der Waals surface area contributed by atoms with Crippen LogP contribution in [0.25, 0.3) is 0 Å². The van der Waals surface area contributed by atoms with E-state index < -0.39 is 46.4 Å². The van der Waals surface area contributed by atoms with Gasteiger partial charge >= 0.3 is 5.97 Å². The smallest absolute Gasteiger partial charge is 0.349 e. The van der Waals surface area contributed by atoms with Crippen LogP contribution in [-0.2, 0) is 12.8 Å². The van der Waals surface area contributed by atoms with Crippen LogP contribution in [0.4, 0.5) is 22.0 Å². The van der Waals surface area contributed by atoms with Crippen LogP contribution >= 0.6 is 0 Å². The molecule has 0 saturated heterocycles. The van der Waals surface area contributed by atoms with E-state index in [1.165, 1.54) is 11.1 Å². The Morgan fingerprint density at radius 1 is 0.784 bits per heavy atom. The summed E-state index contributed by atoms with van der Waals surface area (Å²) >= 11 is 0. The molecule has 0 amide bonds. The van der Waals surface area contributed by atoms with E-state index in [1.54, 1.807) is 0 Å². The van der Waals surface area contributed by atoms with Crippen molar-refractivity contribution in [3.8, 4) is 5.75 Å². The fourth-order valence-electron chi connectivity index (χ4n) is 5.11. The molecule has 0 aliphatic heterocycles. The number of carbonyl (C=O) groups is 1. The maximum absolute atomic E-state index is 14.6. The van der Waals surface area contributed by atoms with E-state index in [1.807, 2.05) is 0 Å². The molecule has 0 N–H and O–H groups in total. The van der Waals surface area contributed by atoms with Crippen molar-refractivity contribution in [1.82, 2.24) is 0 Å². The number of halogens is 5. The predicted molar refractivity (Wildman–Crippen MR) is 131 cm³/mol. The first kappa shape index (κ1) is 26.8. The first-order chi connectivity index (χ1) is 17.7. The first-order valence-corrected chi connectivity index (χ1v) is 12.7. The lowest BCUT2D eigenvalue weighted by Crippen LogP contribution is -2.15. The minimum atomic E-state index is -1.74. The second-order valence-corrected chi connectivity index (χ2v) is 9.77. The molecular weight excluding hydrogens is 487 g/mol. The molecule has 0 unspecified atom stereocenters. The van der Waals surface area contributed by atoms with Gasteiger partial charge in [-0.1, -0.05) is 37.6 Å². The summed E-state index contributed by atoms with van der Waals surface area (Å²) in [6.07, 6.45) is 7.69. The molecule has 1 aliphatic carbocycles. The average Bonchev–Trinajstić information content (AvgIpc) is 2.86. The number of ether oxygens (including phenoxy) is 1. The van der Waals surface area contributed by atoms with Crippen LogP contribution in [0.5, 0.6) is 5.75 Å².